The van der Waals surface area contributed by atoms with E-state index in [0.29, 0.717) is 13.0 Å². The summed E-state index contributed by atoms with van der Waals surface area (Å²) >= 11 is 0. The minimum atomic E-state index is -1.11. The maximum atomic E-state index is 13.2. The third-order valence-electron chi connectivity index (χ3n) is 5.68. The first kappa shape index (κ1) is 21.6. The van der Waals surface area contributed by atoms with E-state index < -0.39 is 11.6 Å². The number of benzene rings is 2. The van der Waals surface area contributed by atoms with Crippen molar-refractivity contribution in [1.82, 2.24) is 15.5 Å². The van der Waals surface area contributed by atoms with Crippen molar-refractivity contribution in [3.8, 4) is 0 Å². The molecule has 0 aliphatic carbocycles. The van der Waals surface area contributed by atoms with Gasteiger partial charge in [0.15, 0.2) is 0 Å². The van der Waals surface area contributed by atoms with Crippen molar-refractivity contribution in [1.29, 1.82) is 0 Å². The van der Waals surface area contributed by atoms with Crippen LogP contribution in [0.1, 0.15) is 50.2 Å². The second-order valence-electron chi connectivity index (χ2n) is 7.66. The fourth-order valence-corrected chi connectivity index (χ4v) is 4.04. The van der Waals surface area contributed by atoms with Crippen LogP contribution in [0, 0.1) is 0 Å². The van der Waals surface area contributed by atoms with Crippen LogP contribution < -0.4 is 10.6 Å². The molecular formula is C24H29N3O3. The molecule has 0 radical (unpaired) electrons. The van der Waals surface area contributed by atoms with Gasteiger partial charge in [-0.15, -0.1) is 0 Å². The highest BCUT2D eigenvalue weighted by molar-refractivity contribution is 6.09. The fraction of sp³-hybridized carbons (Fsp3) is 0.375. The Hall–Kier alpha value is -3.15. The Kier molecular flexibility index (Phi) is 6.87. The first-order chi connectivity index (χ1) is 14.5. The van der Waals surface area contributed by atoms with Gasteiger partial charge in [-0.25, -0.2) is 4.79 Å². The van der Waals surface area contributed by atoms with Gasteiger partial charge in [-0.2, -0.15) is 0 Å². The van der Waals surface area contributed by atoms with Crippen LogP contribution in [0.25, 0.3) is 0 Å². The van der Waals surface area contributed by atoms with Gasteiger partial charge in [-0.05, 0) is 24.0 Å². The molecule has 2 aromatic carbocycles. The first-order valence-corrected chi connectivity index (χ1v) is 10.5. The highest BCUT2D eigenvalue weighted by Crippen LogP contribution is 2.33. The Morgan fingerprint density at radius 1 is 1.03 bits per heavy atom. The number of carbonyl (C=O) groups excluding carboxylic acids is 3. The third kappa shape index (κ3) is 4.37. The Morgan fingerprint density at radius 3 is 2.27 bits per heavy atom. The summed E-state index contributed by atoms with van der Waals surface area (Å²) in [5.41, 5.74) is 0.785. The molecule has 0 aromatic heterocycles. The summed E-state index contributed by atoms with van der Waals surface area (Å²) in [6.45, 7) is 4.21. The van der Waals surface area contributed by atoms with E-state index in [4.69, 9.17) is 0 Å². The summed E-state index contributed by atoms with van der Waals surface area (Å²) in [5, 5.41) is 5.74. The molecule has 0 bridgehead atoms. The lowest BCUT2D eigenvalue weighted by Gasteiger charge is -2.27. The number of urea groups is 1. The SMILES string of the molecule is CCC[C@]1(c2ccccc2)NC(=O)N(CC(=O)NC[C@H](CC)c2ccccc2)C1=O. The Labute approximate surface area is 177 Å². The van der Waals surface area contributed by atoms with Crippen molar-refractivity contribution in [3.05, 3.63) is 71.8 Å². The van der Waals surface area contributed by atoms with Crippen molar-refractivity contribution >= 4 is 17.8 Å². The number of carbonyl (C=O) groups is 3. The minimum Gasteiger partial charge on any atom is -0.354 e. The Balaban J connectivity index is 1.68. The Morgan fingerprint density at radius 2 is 1.67 bits per heavy atom. The molecule has 1 aliphatic rings. The molecule has 4 amide bonds. The molecule has 3 rings (SSSR count). The quantitative estimate of drug-likeness (QED) is 0.624. The molecule has 6 heteroatoms. The van der Waals surface area contributed by atoms with Gasteiger partial charge in [0.05, 0.1) is 0 Å². The largest absolute Gasteiger partial charge is 0.354 e. The van der Waals surface area contributed by atoms with Gasteiger partial charge in [-0.1, -0.05) is 80.9 Å². The van der Waals surface area contributed by atoms with Crippen LogP contribution >= 0.6 is 0 Å². The van der Waals surface area contributed by atoms with Gasteiger partial charge in [-0.3, -0.25) is 14.5 Å². The normalized spacial score (nSPS) is 19.5. The molecule has 2 aromatic rings. The van der Waals surface area contributed by atoms with Crippen molar-refractivity contribution in [2.75, 3.05) is 13.1 Å². The van der Waals surface area contributed by atoms with Crippen molar-refractivity contribution < 1.29 is 14.4 Å². The molecule has 0 unspecified atom stereocenters. The molecule has 1 heterocycles. The summed E-state index contributed by atoms with van der Waals surface area (Å²) in [5.74, 6) is -0.527. The fourth-order valence-electron chi connectivity index (χ4n) is 4.04. The smallest absolute Gasteiger partial charge is 0.325 e. The lowest BCUT2D eigenvalue weighted by atomic mass is 9.85. The van der Waals surface area contributed by atoms with Crippen LogP contribution in [0.4, 0.5) is 4.79 Å². The topological polar surface area (TPSA) is 78.5 Å². The predicted molar refractivity (Wildman–Crippen MR) is 116 cm³/mol. The second-order valence-corrected chi connectivity index (χ2v) is 7.66. The zero-order valence-electron chi connectivity index (χ0n) is 17.6. The number of nitrogens with one attached hydrogen (secondary N) is 2. The predicted octanol–water partition coefficient (Wildman–Crippen LogP) is 3.54. The van der Waals surface area contributed by atoms with Crippen molar-refractivity contribution in [3.63, 3.8) is 0 Å². The summed E-state index contributed by atoms with van der Waals surface area (Å²) in [4.78, 5) is 39.4. The Bertz CT molecular complexity index is 885. The lowest BCUT2D eigenvalue weighted by Crippen LogP contribution is -2.45. The van der Waals surface area contributed by atoms with Crippen LogP contribution in [-0.4, -0.2) is 35.8 Å². The summed E-state index contributed by atoms with van der Waals surface area (Å²) in [6.07, 6.45) is 2.07. The number of hydrogen-bond donors (Lipinski definition) is 2. The average Bonchev–Trinajstić information content (AvgIpc) is 3.01. The number of imide groups is 1. The number of hydrogen-bond acceptors (Lipinski definition) is 3. The lowest BCUT2D eigenvalue weighted by molar-refractivity contribution is -0.135. The highest BCUT2D eigenvalue weighted by Gasteiger charge is 2.52. The zero-order valence-corrected chi connectivity index (χ0v) is 17.6. The molecule has 2 atom stereocenters. The van der Waals surface area contributed by atoms with E-state index >= 15 is 0 Å². The molecular weight excluding hydrogens is 378 g/mol. The van der Waals surface area contributed by atoms with E-state index in [2.05, 4.69) is 17.6 Å². The second kappa shape index (κ2) is 9.57. The van der Waals surface area contributed by atoms with Crippen LogP contribution in [-0.2, 0) is 15.1 Å². The molecule has 2 N–H and O–H groups in total. The van der Waals surface area contributed by atoms with Crippen LogP contribution in [0.3, 0.4) is 0 Å². The van der Waals surface area contributed by atoms with Gasteiger partial charge < -0.3 is 10.6 Å². The van der Waals surface area contributed by atoms with Gasteiger partial charge in [0.2, 0.25) is 5.91 Å². The van der Waals surface area contributed by atoms with Gasteiger partial charge in [0.1, 0.15) is 12.1 Å². The molecule has 1 saturated heterocycles. The van der Waals surface area contributed by atoms with Crippen LogP contribution in [0.2, 0.25) is 0 Å². The van der Waals surface area contributed by atoms with E-state index in [-0.39, 0.29) is 24.3 Å². The molecule has 1 fully saturated rings. The van der Waals surface area contributed by atoms with Crippen LogP contribution in [0.15, 0.2) is 60.7 Å². The van der Waals surface area contributed by atoms with Crippen molar-refractivity contribution in [2.45, 2.75) is 44.6 Å². The molecule has 0 spiro atoms. The molecule has 30 heavy (non-hydrogen) atoms. The third-order valence-corrected chi connectivity index (χ3v) is 5.68. The average molecular weight is 408 g/mol. The van der Waals surface area contributed by atoms with E-state index in [9.17, 15) is 14.4 Å². The van der Waals surface area contributed by atoms with Crippen molar-refractivity contribution in [2.24, 2.45) is 0 Å². The maximum Gasteiger partial charge on any atom is 0.325 e. The highest BCUT2D eigenvalue weighted by atomic mass is 16.2. The molecule has 0 saturated carbocycles. The monoisotopic (exact) mass is 407 g/mol. The standard InChI is InChI=1S/C24H29N3O3/c1-3-15-24(20-13-9-6-10-14-20)22(29)27(23(30)26-24)17-21(28)25-16-18(4-2)19-11-7-5-8-12-19/h5-14,18H,3-4,15-17H2,1-2H3,(H,25,28)(H,26,30)/t18-,24+/m0/s1. The van der Waals surface area contributed by atoms with E-state index in [1.165, 1.54) is 0 Å². The number of nitrogens with zero attached hydrogens (tertiary/aromatic N) is 1. The molecule has 158 valence electrons. The first-order valence-electron chi connectivity index (χ1n) is 10.5. The maximum absolute atomic E-state index is 13.2. The van der Waals surface area contributed by atoms with Gasteiger partial charge in [0, 0.05) is 12.5 Å². The molecule has 6 nitrogen and oxygen atoms in total. The van der Waals surface area contributed by atoms with E-state index in [1.54, 1.807) is 0 Å². The number of rotatable bonds is 9. The minimum absolute atomic E-state index is 0.182. The summed E-state index contributed by atoms with van der Waals surface area (Å²) in [6, 6.07) is 18.7. The summed E-state index contributed by atoms with van der Waals surface area (Å²) in [7, 11) is 0. The van der Waals surface area contributed by atoms with E-state index in [1.807, 2.05) is 67.6 Å². The van der Waals surface area contributed by atoms with Gasteiger partial charge >= 0.3 is 6.03 Å². The van der Waals surface area contributed by atoms with Gasteiger partial charge in [0.25, 0.3) is 5.91 Å². The molecule has 1 aliphatic heterocycles. The van der Waals surface area contributed by atoms with E-state index in [0.717, 1.165) is 28.9 Å². The zero-order chi connectivity index (χ0) is 21.6. The summed E-state index contributed by atoms with van der Waals surface area (Å²) < 4.78 is 0. The van der Waals surface area contributed by atoms with Crippen LogP contribution in [0.5, 0.6) is 0 Å². The number of amides is 4.